The molecule has 2 atom stereocenters. The maximum Gasteiger partial charge on any atom is 0.161 e. The molecule has 4 aromatic carbocycles. The Morgan fingerprint density at radius 3 is 2.32 bits per heavy atom. The van der Waals surface area contributed by atoms with Crippen LogP contribution in [0.5, 0.6) is 11.5 Å². The zero-order valence-corrected chi connectivity index (χ0v) is 21.6. The predicted molar refractivity (Wildman–Crippen MR) is 152 cm³/mol. The number of ether oxygens (including phenoxy) is 2. The molecule has 0 aliphatic carbocycles. The Hall–Kier alpha value is -3.84. The van der Waals surface area contributed by atoms with Crippen LogP contribution < -0.4 is 9.47 Å². The van der Waals surface area contributed by atoms with Crippen molar-refractivity contribution in [2.45, 2.75) is 25.2 Å². The molecule has 0 saturated carbocycles. The summed E-state index contributed by atoms with van der Waals surface area (Å²) in [6.07, 6.45) is -1.28. The number of fused-ring (bicyclic) bond motifs is 3. The highest BCUT2D eigenvalue weighted by atomic mass is 16.5. The number of hydrogen-bond donors (Lipinski definition) is 3. The number of methoxy groups -OCH3 is 1. The molecule has 196 valence electrons. The molecule has 2 unspecified atom stereocenters. The van der Waals surface area contributed by atoms with Crippen molar-refractivity contribution < 1.29 is 19.7 Å². The summed E-state index contributed by atoms with van der Waals surface area (Å²) >= 11 is 0. The number of para-hydroxylation sites is 3. The Morgan fingerprint density at radius 1 is 0.789 bits per heavy atom. The van der Waals surface area contributed by atoms with Crippen LogP contribution in [0, 0.1) is 0 Å². The minimum Gasteiger partial charge on any atom is -0.493 e. The van der Waals surface area contributed by atoms with E-state index in [-0.39, 0.29) is 6.42 Å². The standard InChI is InChI=1S/C32H34N2O4/c1-37-30-16-7-8-17-31(30)38-19-18-34(21-23-10-3-2-4-11-23)22-24(35)20-29(36)26-13-9-15-28-32(26)25-12-5-6-14-27(25)33-28/h2-17,24,29,33,35-36H,18-22H2,1H3. The maximum absolute atomic E-state index is 11.2. The number of aromatic nitrogens is 1. The van der Waals surface area contributed by atoms with Gasteiger partial charge < -0.3 is 24.7 Å². The smallest absolute Gasteiger partial charge is 0.161 e. The molecule has 6 heteroatoms. The van der Waals surface area contributed by atoms with Crippen molar-refractivity contribution in [1.82, 2.24) is 9.88 Å². The predicted octanol–water partition coefficient (Wildman–Crippen LogP) is 5.70. The minimum absolute atomic E-state index is 0.233. The lowest BCUT2D eigenvalue weighted by Gasteiger charge is -2.26. The minimum atomic E-state index is -0.795. The number of aliphatic hydroxyl groups is 2. The average Bonchev–Trinajstić information content (AvgIpc) is 3.32. The van der Waals surface area contributed by atoms with Crippen LogP contribution in [0.1, 0.15) is 23.7 Å². The van der Waals surface area contributed by atoms with E-state index in [1.807, 2.05) is 78.9 Å². The summed E-state index contributed by atoms with van der Waals surface area (Å²) in [5.41, 5.74) is 4.00. The molecule has 5 aromatic rings. The van der Waals surface area contributed by atoms with Gasteiger partial charge in [0.1, 0.15) is 6.61 Å². The Kier molecular flexibility index (Phi) is 8.24. The van der Waals surface area contributed by atoms with Crippen LogP contribution in [-0.2, 0) is 6.54 Å². The number of aromatic amines is 1. The molecule has 38 heavy (non-hydrogen) atoms. The molecule has 0 amide bonds. The van der Waals surface area contributed by atoms with Crippen LogP contribution in [0.4, 0.5) is 0 Å². The number of rotatable bonds is 12. The maximum atomic E-state index is 11.2. The third-order valence-corrected chi connectivity index (χ3v) is 6.87. The van der Waals surface area contributed by atoms with E-state index in [0.717, 1.165) is 32.9 Å². The lowest BCUT2D eigenvalue weighted by atomic mass is 9.97. The number of aliphatic hydroxyl groups excluding tert-OH is 2. The molecular weight excluding hydrogens is 476 g/mol. The van der Waals surface area contributed by atoms with E-state index in [1.54, 1.807) is 7.11 Å². The average molecular weight is 511 g/mol. The SMILES string of the molecule is COc1ccccc1OCCN(Cc1ccccc1)CC(O)CC(O)c1cccc2[nH]c3ccccc3c12. The fourth-order valence-electron chi connectivity index (χ4n) is 5.06. The lowest BCUT2D eigenvalue weighted by Crippen LogP contribution is -2.35. The van der Waals surface area contributed by atoms with E-state index in [4.69, 9.17) is 9.47 Å². The fraction of sp³-hybridized carbons (Fsp3) is 0.250. The number of nitrogens with zero attached hydrogens (tertiary/aromatic N) is 1. The van der Waals surface area contributed by atoms with Gasteiger partial charge in [-0.05, 0) is 35.4 Å². The molecule has 0 saturated heterocycles. The third kappa shape index (κ3) is 6.00. The number of hydrogen-bond acceptors (Lipinski definition) is 5. The quantitative estimate of drug-likeness (QED) is 0.201. The lowest BCUT2D eigenvalue weighted by molar-refractivity contribution is 0.0484. The van der Waals surface area contributed by atoms with Gasteiger partial charge in [0.15, 0.2) is 11.5 Å². The van der Waals surface area contributed by atoms with Gasteiger partial charge in [-0.3, -0.25) is 4.90 Å². The fourth-order valence-corrected chi connectivity index (χ4v) is 5.06. The highest BCUT2D eigenvalue weighted by molar-refractivity contribution is 6.09. The Balaban J connectivity index is 1.28. The highest BCUT2D eigenvalue weighted by Crippen LogP contribution is 2.33. The van der Waals surface area contributed by atoms with Gasteiger partial charge in [-0.1, -0.05) is 72.8 Å². The molecule has 6 nitrogen and oxygen atoms in total. The molecular formula is C32H34N2O4. The van der Waals surface area contributed by atoms with Crippen LogP contribution in [0.25, 0.3) is 21.8 Å². The molecule has 1 heterocycles. The third-order valence-electron chi connectivity index (χ3n) is 6.87. The summed E-state index contributed by atoms with van der Waals surface area (Å²) in [7, 11) is 1.63. The van der Waals surface area contributed by atoms with Gasteiger partial charge >= 0.3 is 0 Å². The first-order valence-corrected chi connectivity index (χ1v) is 13.0. The highest BCUT2D eigenvalue weighted by Gasteiger charge is 2.21. The summed E-state index contributed by atoms with van der Waals surface area (Å²) in [4.78, 5) is 5.59. The molecule has 1 aromatic heterocycles. The number of benzene rings is 4. The monoisotopic (exact) mass is 510 g/mol. The van der Waals surface area contributed by atoms with Crippen LogP contribution in [0.15, 0.2) is 97.1 Å². The van der Waals surface area contributed by atoms with E-state index >= 15 is 0 Å². The van der Waals surface area contributed by atoms with Crippen molar-refractivity contribution >= 4 is 21.8 Å². The normalized spacial score (nSPS) is 13.2. The van der Waals surface area contributed by atoms with Crippen molar-refractivity contribution in [2.75, 3.05) is 26.8 Å². The second kappa shape index (κ2) is 12.1. The summed E-state index contributed by atoms with van der Waals surface area (Å²) in [6, 6.07) is 31.8. The van der Waals surface area contributed by atoms with E-state index in [1.165, 1.54) is 0 Å². The topological polar surface area (TPSA) is 78.0 Å². The molecule has 5 rings (SSSR count). The van der Waals surface area contributed by atoms with Gasteiger partial charge in [-0.2, -0.15) is 0 Å². The van der Waals surface area contributed by atoms with E-state index in [2.05, 4.69) is 28.1 Å². The summed E-state index contributed by atoms with van der Waals surface area (Å²) in [5, 5.41) is 24.4. The van der Waals surface area contributed by atoms with Crippen molar-refractivity contribution in [3.8, 4) is 11.5 Å². The van der Waals surface area contributed by atoms with Crippen LogP contribution in [0.3, 0.4) is 0 Å². The van der Waals surface area contributed by atoms with Crippen molar-refractivity contribution in [3.05, 3.63) is 108 Å². The van der Waals surface area contributed by atoms with Gasteiger partial charge in [-0.15, -0.1) is 0 Å². The van der Waals surface area contributed by atoms with E-state index in [9.17, 15) is 10.2 Å². The Bertz CT molecular complexity index is 1470. The molecule has 0 radical (unpaired) electrons. The molecule has 0 aliphatic rings. The Labute approximate surface area is 223 Å². The summed E-state index contributed by atoms with van der Waals surface area (Å²) < 4.78 is 11.4. The molecule has 3 N–H and O–H groups in total. The molecule has 0 bridgehead atoms. The van der Waals surface area contributed by atoms with Crippen molar-refractivity contribution in [1.29, 1.82) is 0 Å². The Morgan fingerprint density at radius 2 is 1.50 bits per heavy atom. The van der Waals surface area contributed by atoms with Crippen LogP contribution >= 0.6 is 0 Å². The van der Waals surface area contributed by atoms with Gasteiger partial charge in [0.25, 0.3) is 0 Å². The largest absolute Gasteiger partial charge is 0.493 e. The number of H-pyrrole nitrogens is 1. The van der Waals surface area contributed by atoms with Gasteiger partial charge in [-0.25, -0.2) is 0 Å². The molecule has 0 aliphatic heterocycles. The second-order valence-electron chi connectivity index (χ2n) is 9.57. The van der Waals surface area contributed by atoms with Crippen LogP contribution in [-0.4, -0.2) is 53.0 Å². The summed E-state index contributed by atoms with van der Waals surface area (Å²) in [5.74, 6) is 1.38. The van der Waals surface area contributed by atoms with Crippen LogP contribution in [0.2, 0.25) is 0 Å². The first-order valence-electron chi connectivity index (χ1n) is 13.0. The molecule has 0 fully saturated rings. The van der Waals surface area contributed by atoms with E-state index in [0.29, 0.717) is 37.7 Å². The first-order chi connectivity index (χ1) is 18.6. The number of nitrogens with one attached hydrogen (secondary N) is 1. The van der Waals surface area contributed by atoms with E-state index < -0.39 is 12.2 Å². The zero-order valence-electron chi connectivity index (χ0n) is 21.6. The molecule has 0 spiro atoms. The van der Waals surface area contributed by atoms with Gasteiger partial charge in [0.05, 0.1) is 19.3 Å². The first kappa shape index (κ1) is 25.8. The van der Waals surface area contributed by atoms with Crippen molar-refractivity contribution in [3.63, 3.8) is 0 Å². The van der Waals surface area contributed by atoms with Crippen molar-refractivity contribution in [2.24, 2.45) is 0 Å². The second-order valence-corrected chi connectivity index (χ2v) is 9.57. The van der Waals surface area contributed by atoms with Gasteiger partial charge in [0.2, 0.25) is 0 Å². The zero-order chi connectivity index (χ0) is 26.3. The van der Waals surface area contributed by atoms with Gasteiger partial charge in [0, 0.05) is 47.9 Å². The summed E-state index contributed by atoms with van der Waals surface area (Å²) in [6.45, 7) is 2.13.